The fourth-order valence-electron chi connectivity index (χ4n) is 3.72. The van der Waals surface area contributed by atoms with E-state index in [9.17, 15) is 9.59 Å². The molecule has 0 aromatic heterocycles. The maximum atomic E-state index is 12.9. The monoisotopic (exact) mass is 405 g/mol. The molecule has 0 bridgehead atoms. The number of hydrogen-bond donors (Lipinski definition) is 1. The van der Waals surface area contributed by atoms with E-state index in [1.54, 1.807) is 25.1 Å². The van der Waals surface area contributed by atoms with Crippen LogP contribution in [-0.2, 0) is 0 Å². The molecular weight excluding hydrogens is 370 g/mol. The van der Waals surface area contributed by atoms with Gasteiger partial charge in [0.25, 0.3) is 0 Å². The lowest BCUT2D eigenvalue weighted by Crippen LogP contribution is -2.20. The number of Topliss-reactive ketones (excluding diaryl/α,β-unsaturated/α-hetero) is 2. The molecule has 3 nitrogen and oxygen atoms in total. The lowest BCUT2D eigenvalue weighted by Gasteiger charge is -2.24. The van der Waals surface area contributed by atoms with Crippen LogP contribution in [0.4, 0.5) is 0 Å². The normalized spacial score (nSPS) is 15.3. The van der Waals surface area contributed by atoms with Crippen LogP contribution in [-0.4, -0.2) is 11.6 Å². The fourth-order valence-corrected chi connectivity index (χ4v) is 3.72. The first kappa shape index (κ1) is 23.6. The van der Waals surface area contributed by atoms with Crippen molar-refractivity contribution in [2.45, 2.75) is 67.7 Å². The highest BCUT2D eigenvalue weighted by atomic mass is 16.1. The third-order valence-electron chi connectivity index (χ3n) is 5.45. The molecule has 2 rings (SSSR count). The molecule has 0 atom stereocenters. The summed E-state index contributed by atoms with van der Waals surface area (Å²) in [6.45, 7) is 14.6. The minimum atomic E-state index is -0.0314. The van der Waals surface area contributed by atoms with Crippen LogP contribution in [0.15, 0.2) is 70.6 Å². The standard InChI is InChI=1S/C27H35NO2/c1-18(2)17-28-20(4)14-15-27(6,7)16-19(3)12-13-22-21(5)25(29)23-10-8-9-11-24(23)26(22)30/h8-12,14,17,28H,13,15-16H2,1-7H3/b19-12+,20-14+. The molecule has 0 saturated heterocycles. The highest BCUT2D eigenvalue weighted by Crippen LogP contribution is 2.32. The van der Waals surface area contributed by atoms with E-state index in [1.165, 1.54) is 11.1 Å². The van der Waals surface area contributed by atoms with Gasteiger partial charge < -0.3 is 5.32 Å². The first-order chi connectivity index (χ1) is 14.0. The highest BCUT2D eigenvalue weighted by Gasteiger charge is 2.28. The molecule has 0 heterocycles. The Morgan fingerprint density at radius 3 is 2.17 bits per heavy atom. The largest absolute Gasteiger partial charge is 0.366 e. The van der Waals surface area contributed by atoms with Crippen molar-refractivity contribution in [3.63, 3.8) is 0 Å². The van der Waals surface area contributed by atoms with E-state index in [4.69, 9.17) is 0 Å². The lowest BCUT2D eigenvalue weighted by molar-refractivity contribution is 0.0973. The summed E-state index contributed by atoms with van der Waals surface area (Å²) in [7, 11) is 0. The first-order valence-electron chi connectivity index (χ1n) is 10.6. The average Bonchev–Trinajstić information content (AvgIpc) is 2.68. The zero-order chi connectivity index (χ0) is 22.5. The molecule has 0 unspecified atom stereocenters. The zero-order valence-electron chi connectivity index (χ0n) is 19.5. The van der Waals surface area contributed by atoms with Gasteiger partial charge in [0.1, 0.15) is 0 Å². The van der Waals surface area contributed by atoms with Gasteiger partial charge in [-0.25, -0.2) is 0 Å². The summed E-state index contributed by atoms with van der Waals surface area (Å²) in [5.74, 6) is -0.0500. The van der Waals surface area contributed by atoms with E-state index in [-0.39, 0.29) is 17.0 Å². The van der Waals surface area contributed by atoms with E-state index in [0.717, 1.165) is 18.5 Å². The summed E-state index contributed by atoms with van der Waals surface area (Å²) in [5.41, 5.74) is 5.98. The highest BCUT2D eigenvalue weighted by molar-refractivity contribution is 6.26. The maximum Gasteiger partial charge on any atom is 0.190 e. The number of hydrogen-bond acceptors (Lipinski definition) is 3. The van der Waals surface area contributed by atoms with E-state index in [0.29, 0.717) is 28.7 Å². The Hall–Kier alpha value is -2.68. The molecule has 0 fully saturated rings. The lowest BCUT2D eigenvalue weighted by atomic mass is 9.81. The van der Waals surface area contributed by atoms with Crippen LogP contribution >= 0.6 is 0 Å². The molecule has 1 aliphatic carbocycles. The molecule has 0 spiro atoms. The molecule has 0 radical (unpaired) electrons. The number of allylic oxidation sites excluding steroid dienone is 7. The van der Waals surface area contributed by atoms with Gasteiger partial charge >= 0.3 is 0 Å². The van der Waals surface area contributed by atoms with E-state index >= 15 is 0 Å². The SMILES string of the molecule is CC(C)=CN/C(C)=C/CC(C)(C)C/C(C)=C/CC1=C(C)C(=O)c2ccccc2C1=O. The Labute approximate surface area is 181 Å². The summed E-state index contributed by atoms with van der Waals surface area (Å²) in [6.07, 6.45) is 8.76. The van der Waals surface area contributed by atoms with Crippen molar-refractivity contribution < 1.29 is 9.59 Å². The van der Waals surface area contributed by atoms with Crippen molar-refractivity contribution in [1.29, 1.82) is 0 Å². The van der Waals surface area contributed by atoms with Crippen LogP contribution in [0, 0.1) is 5.41 Å². The number of fused-ring (bicyclic) bond motifs is 1. The topological polar surface area (TPSA) is 46.2 Å². The number of nitrogens with one attached hydrogen (secondary N) is 1. The van der Waals surface area contributed by atoms with Crippen molar-refractivity contribution in [2.75, 3.05) is 0 Å². The second kappa shape index (κ2) is 9.88. The number of ketones is 2. The molecule has 0 aliphatic heterocycles. The number of benzene rings is 1. The summed E-state index contributed by atoms with van der Waals surface area (Å²) in [6, 6.07) is 7.11. The Morgan fingerprint density at radius 2 is 1.57 bits per heavy atom. The fraction of sp³-hybridized carbons (Fsp3) is 0.407. The van der Waals surface area contributed by atoms with E-state index in [1.807, 2.05) is 12.3 Å². The summed E-state index contributed by atoms with van der Waals surface area (Å²) in [4.78, 5) is 25.5. The minimum absolute atomic E-state index is 0.0186. The molecule has 1 aliphatic rings. The zero-order valence-corrected chi connectivity index (χ0v) is 19.5. The maximum absolute atomic E-state index is 12.9. The van der Waals surface area contributed by atoms with Gasteiger partial charge in [-0.2, -0.15) is 0 Å². The van der Waals surface area contributed by atoms with Crippen LogP contribution in [0.2, 0.25) is 0 Å². The van der Waals surface area contributed by atoms with Crippen molar-refractivity contribution in [1.82, 2.24) is 5.32 Å². The summed E-state index contributed by atoms with van der Waals surface area (Å²) in [5, 5.41) is 3.31. The molecule has 160 valence electrons. The molecule has 0 saturated carbocycles. The Kier molecular flexibility index (Phi) is 7.77. The van der Waals surface area contributed by atoms with Crippen molar-refractivity contribution >= 4 is 11.6 Å². The Bertz CT molecular complexity index is 951. The molecule has 1 aromatic carbocycles. The smallest absolute Gasteiger partial charge is 0.190 e. The van der Waals surface area contributed by atoms with Crippen molar-refractivity contribution in [3.05, 3.63) is 81.7 Å². The second-order valence-corrected chi connectivity index (χ2v) is 9.36. The molecule has 30 heavy (non-hydrogen) atoms. The average molecular weight is 406 g/mol. The first-order valence-corrected chi connectivity index (χ1v) is 10.6. The molecule has 1 aromatic rings. The van der Waals surface area contributed by atoms with Gasteiger partial charge in [0.2, 0.25) is 0 Å². The van der Waals surface area contributed by atoms with Crippen LogP contribution in [0.5, 0.6) is 0 Å². The third kappa shape index (κ3) is 6.16. The van der Waals surface area contributed by atoms with Gasteiger partial charge in [-0.05, 0) is 65.5 Å². The summed E-state index contributed by atoms with van der Waals surface area (Å²) < 4.78 is 0. The number of carbonyl (C=O) groups is 2. The van der Waals surface area contributed by atoms with E-state index in [2.05, 4.69) is 59.0 Å². The van der Waals surface area contributed by atoms with E-state index < -0.39 is 0 Å². The number of carbonyl (C=O) groups excluding carboxylic acids is 2. The molecular formula is C27H35NO2. The van der Waals surface area contributed by atoms with Gasteiger partial charge in [-0.15, -0.1) is 0 Å². The molecule has 3 heteroatoms. The third-order valence-corrected chi connectivity index (χ3v) is 5.45. The predicted molar refractivity (Wildman–Crippen MR) is 126 cm³/mol. The van der Waals surface area contributed by atoms with Crippen LogP contribution in [0.1, 0.15) is 88.4 Å². The predicted octanol–water partition coefficient (Wildman–Crippen LogP) is 6.94. The van der Waals surface area contributed by atoms with Gasteiger partial charge in [0.05, 0.1) is 0 Å². The minimum Gasteiger partial charge on any atom is -0.366 e. The molecule has 1 N–H and O–H groups in total. The Morgan fingerprint density at radius 1 is 0.967 bits per heavy atom. The molecule has 0 amide bonds. The van der Waals surface area contributed by atoms with Crippen LogP contribution < -0.4 is 5.32 Å². The van der Waals surface area contributed by atoms with Crippen molar-refractivity contribution in [2.24, 2.45) is 5.41 Å². The van der Waals surface area contributed by atoms with Crippen LogP contribution in [0.25, 0.3) is 0 Å². The van der Waals surface area contributed by atoms with Gasteiger partial charge in [-0.1, -0.05) is 61.4 Å². The van der Waals surface area contributed by atoms with Gasteiger partial charge in [0, 0.05) is 28.0 Å². The Balaban J connectivity index is 2.06. The van der Waals surface area contributed by atoms with Crippen LogP contribution in [0.3, 0.4) is 0 Å². The van der Waals surface area contributed by atoms with Crippen molar-refractivity contribution in [3.8, 4) is 0 Å². The quantitative estimate of drug-likeness (QED) is 0.476. The van der Waals surface area contributed by atoms with Gasteiger partial charge in [0.15, 0.2) is 11.6 Å². The second-order valence-electron chi connectivity index (χ2n) is 9.36. The van der Waals surface area contributed by atoms with Gasteiger partial charge in [-0.3, -0.25) is 9.59 Å². The number of rotatable bonds is 8. The summed E-state index contributed by atoms with van der Waals surface area (Å²) >= 11 is 0.